The second-order valence-electron chi connectivity index (χ2n) is 5.74. The molecule has 0 radical (unpaired) electrons. The highest BCUT2D eigenvalue weighted by atomic mass is 79.9. The van der Waals surface area contributed by atoms with Crippen LogP contribution in [0.2, 0.25) is 0 Å². The van der Waals surface area contributed by atoms with Gasteiger partial charge in [0, 0.05) is 28.0 Å². The maximum absolute atomic E-state index is 4.50. The highest BCUT2D eigenvalue weighted by Crippen LogP contribution is 2.31. The summed E-state index contributed by atoms with van der Waals surface area (Å²) in [7, 11) is 0. The van der Waals surface area contributed by atoms with E-state index in [1.54, 1.807) is 0 Å². The zero-order chi connectivity index (χ0) is 17.1. The van der Waals surface area contributed by atoms with Gasteiger partial charge in [0.15, 0.2) is 0 Å². The van der Waals surface area contributed by atoms with Crippen LogP contribution < -0.4 is 0 Å². The van der Waals surface area contributed by atoms with Gasteiger partial charge < -0.3 is 0 Å². The minimum atomic E-state index is 0.957. The summed E-state index contributed by atoms with van der Waals surface area (Å²) in [6.07, 6.45) is 3.64. The summed E-state index contributed by atoms with van der Waals surface area (Å²) in [5, 5.41) is 0. The molecule has 120 valence electrons. The number of hydrogen-bond acceptors (Lipinski definition) is 2. The Kier molecular flexibility index (Phi) is 4.40. The van der Waals surface area contributed by atoms with Crippen LogP contribution in [-0.4, -0.2) is 9.97 Å². The second kappa shape index (κ2) is 6.99. The molecule has 0 saturated heterocycles. The van der Waals surface area contributed by atoms with Crippen molar-refractivity contribution in [3.05, 3.63) is 95.7 Å². The standard InChI is InChI=1S/C22H15BrN2/c23-20-9-7-16(8-10-20)17-13-18(21-5-1-3-11-24-21)15-19(14-17)22-6-2-4-12-25-22/h1-15H. The van der Waals surface area contributed by atoms with Crippen LogP contribution >= 0.6 is 15.9 Å². The molecular weight excluding hydrogens is 372 g/mol. The van der Waals surface area contributed by atoms with E-state index in [1.807, 2.05) is 48.8 Å². The maximum atomic E-state index is 4.50. The quantitative estimate of drug-likeness (QED) is 0.416. The van der Waals surface area contributed by atoms with E-state index in [0.717, 1.165) is 38.1 Å². The van der Waals surface area contributed by atoms with Crippen molar-refractivity contribution in [2.75, 3.05) is 0 Å². The summed E-state index contributed by atoms with van der Waals surface area (Å²) in [5.41, 5.74) is 6.40. The zero-order valence-corrected chi connectivity index (χ0v) is 15.0. The molecule has 2 aromatic heterocycles. The molecule has 0 aliphatic carbocycles. The first kappa shape index (κ1) is 15.7. The first-order chi connectivity index (χ1) is 12.3. The fraction of sp³-hybridized carbons (Fsp3) is 0. The average Bonchev–Trinajstić information content (AvgIpc) is 2.69. The highest BCUT2D eigenvalue weighted by Gasteiger charge is 2.08. The lowest BCUT2D eigenvalue weighted by Crippen LogP contribution is -1.89. The molecule has 4 rings (SSSR count). The van der Waals surface area contributed by atoms with Gasteiger partial charge in [-0.15, -0.1) is 0 Å². The largest absolute Gasteiger partial charge is 0.256 e. The van der Waals surface area contributed by atoms with Crippen molar-refractivity contribution < 1.29 is 0 Å². The van der Waals surface area contributed by atoms with Crippen LogP contribution in [-0.2, 0) is 0 Å². The third kappa shape index (κ3) is 3.52. The number of nitrogens with zero attached hydrogens (tertiary/aromatic N) is 2. The molecule has 3 heteroatoms. The second-order valence-corrected chi connectivity index (χ2v) is 6.65. The lowest BCUT2D eigenvalue weighted by Gasteiger charge is -2.10. The SMILES string of the molecule is Brc1ccc(-c2cc(-c3ccccn3)cc(-c3ccccn3)c2)cc1. The molecule has 25 heavy (non-hydrogen) atoms. The summed E-state index contributed by atoms with van der Waals surface area (Å²) in [6, 6.07) is 26.8. The normalized spacial score (nSPS) is 10.6. The van der Waals surface area contributed by atoms with E-state index in [4.69, 9.17) is 0 Å². The van der Waals surface area contributed by atoms with Crippen molar-refractivity contribution in [3.8, 4) is 33.6 Å². The lowest BCUT2D eigenvalue weighted by atomic mass is 9.96. The van der Waals surface area contributed by atoms with Gasteiger partial charge in [0.1, 0.15) is 0 Å². The molecule has 0 aliphatic heterocycles. The summed E-state index contributed by atoms with van der Waals surface area (Å²) in [4.78, 5) is 9.01. The maximum Gasteiger partial charge on any atom is 0.0702 e. The minimum Gasteiger partial charge on any atom is -0.256 e. The topological polar surface area (TPSA) is 25.8 Å². The van der Waals surface area contributed by atoms with Gasteiger partial charge >= 0.3 is 0 Å². The molecule has 0 bridgehead atoms. The summed E-state index contributed by atoms with van der Waals surface area (Å²) >= 11 is 3.50. The Morgan fingerprint density at radius 1 is 0.520 bits per heavy atom. The Balaban J connectivity index is 1.90. The molecule has 0 N–H and O–H groups in total. The molecule has 0 atom stereocenters. The highest BCUT2D eigenvalue weighted by molar-refractivity contribution is 9.10. The van der Waals surface area contributed by atoms with Crippen LogP contribution in [0.4, 0.5) is 0 Å². The number of benzene rings is 2. The first-order valence-electron chi connectivity index (χ1n) is 8.03. The van der Waals surface area contributed by atoms with E-state index >= 15 is 0 Å². The van der Waals surface area contributed by atoms with E-state index < -0.39 is 0 Å². The monoisotopic (exact) mass is 386 g/mol. The van der Waals surface area contributed by atoms with Crippen LogP contribution in [0.5, 0.6) is 0 Å². The van der Waals surface area contributed by atoms with E-state index in [1.165, 1.54) is 0 Å². The van der Waals surface area contributed by atoms with Gasteiger partial charge in [-0.25, -0.2) is 0 Å². The van der Waals surface area contributed by atoms with Gasteiger partial charge in [-0.3, -0.25) is 9.97 Å². The fourth-order valence-corrected chi connectivity index (χ4v) is 3.06. The smallest absolute Gasteiger partial charge is 0.0702 e. The number of pyridine rings is 2. The molecule has 4 aromatic rings. The number of aromatic nitrogens is 2. The van der Waals surface area contributed by atoms with E-state index in [-0.39, 0.29) is 0 Å². The zero-order valence-electron chi connectivity index (χ0n) is 13.4. The predicted molar refractivity (Wildman–Crippen MR) is 106 cm³/mol. The summed E-state index contributed by atoms with van der Waals surface area (Å²) < 4.78 is 1.07. The van der Waals surface area contributed by atoms with Crippen molar-refractivity contribution in [1.29, 1.82) is 0 Å². The van der Waals surface area contributed by atoms with Crippen LogP contribution in [0.25, 0.3) is 33.6 Å². The third-order valence-electron chi connectivity index (χ3n) is 4.03. The Hall–Kier alpha value is -2.78. The van der Waals surface area contributed by atoms with Crippen LogP contribution in [0.1, 0.15) is 0 Å². The Labute approximate surface area is 155 Å². The average molecular weight is 387 g/mol. The molecular formula is C22H15BrN2. The molecule has 0 unspecified atom stereocenters. The minimum absolute atomic E-state index is 0.957. The number of rotatable bonds is 3. The van der Waals surface area contributed by atoms with Gasteiger partial charge in [0.2, 0.25) is 0 Å². The van der Waals surface area contributed by atoms with Crippen molar-refractivity contribution in [3.63, 3.8) is 0 Å². The van der Waals surface area contributed by atoms with Gasteiger partial charge in [0.25, 0.3) is 0 Å². The van der Waals surface area contributed by atoms with Crippen LogP contribution in [0.3, 0.4) is 0 Å². The van der Waals surface area contributed by atoms with E-state index in [9.17, 15) is 0 Å². The van der Waals surface area contributed by atoms with Gasteiger partial charge in [0.05, 0.1) is 11.4 Å². The lowest BCUT2D eigenvalue weighted by molar-refractivity contribution is 1.31. The molecule has 2 heterocycles. The van der Waals surface area contributed by atoms with Crippen LogP contribution in [0.15, 0.2) is 95.7 Å². The van der Waals surface area contributed by atoms with E-state index in [2.05, 4.69) is 68.4 Å². The van der Waals surface area contributed by atoms with Gasteiger partial charge in [-0.05, 0) is 65.7 Å². The Bertz CT molecular complexity index is 924. The van der Waals surface area contributed by atoms with Crippen molar-refractivity contribution in [2.45, 2.75) is 0 Å². The van der Waals surface area contributed by atoms with Crippen molar-refractivity contribution in [2.24, 2.45) is 0 Å². The molecule has 2 nitrogen and oxygen atoms in total. The number of halogens is 1. The van der Waals surface area contributed by atoms with Gasteiger partial charge in [-0.2, -0.15) is 0 Å². The van der Waals surface area contributed by atoms with Crippen LogP contribution in [0, 0.1) is 0 Å². The molecule has 0 fully saturated rings. The van der Waals surface area contributed by atoms with E-state index in [0.29, 0.717) is 0 Å². The van der Waals surface area contributed by atoms with Gasteiger partial charge in [-0.1, -0.05) is 40.2 Å². The molecule has 0 spiro atoms. The summed E-state index contributed by atoms with van der Waals surface area (Å²) in [5.74, 6) is 0. The molecule has 0 saturated carbocycles. The number of hydrogen-bond donors (Lipinski definition) is 0. The third-order valence-corrected chi connectivity index (χ3v) is 4.56. The predicted octanol–water partition coefficient (Wildman–Crippen LogP) is 6.24. The Morgan fingerprint density at radius 3 is 1.52 bits per heavy atom. The van der Waals surface area contributed by atoms with Crippen molar-refractivity contribution >= 4 is 15.9 Å². The fourth-order valence-electron chi connectivity index (χ4n) is 2.80. The first-order valence-corrected chi connectivity index (χ1v) is 8.83. The Morgan fingerprint density at radius 2 is 1.04 bits per heavy atom. The van der Waals surface area contributed by atoms with Crippen molar-refractivity contribution in [1.82, 2.24) is 9.97 Å². The molecule has 0 aliphatic rings. The molecule has 2 aromatic carbocycles. The summed E-state index contributed by atoms with van der Waals surface area (Å²) in [6.45, 7) is 0. The molecule has 0 amide bonds.